The number of aliphatic imine (C=N–C) groups is 1. The van der Waals surface area contributed by atoms with Gasteiger partial charge < -0.3 is 0 Å². The zero-order valence-corrected chi connectivity index (χ0v) is 7.63. The van der Waals surface area contributed by atoms with Gasteiger partial charge in [0.2, 0.25) is 0 Å². The molecule has 54 valence electrons. The molecule has 0 saturated carbocycles. The van der Waals surface area contributed by atoms with Crippen molar-refractivity contribution in [1.82, 2.24) is 0 Å². The fourth-order valence-corrected chi connectivity index (χ4v) is 2.20. The van der Waals surface area contributed by atoms with E-state index in [2.05, 4.69) is 16.4 Å². The van der Waals surface area contributed by atoms with Gasteiger partial charge in [-0.3, -0.25) is 4.99 Å². The van der Waals surface area contributed by atoms with Crippen LogP contribution in [0, 0.1) is 0 Å². The van der Waals surface area contributed by atoms with E-state index in [-0.39, 0.29) is 0 Å². The molecule has 0 aliphatic carbocycles. The Labute approximate surface area is 69.2 Å². The largest absolute Gasteiger partial charge is 0.280 e. The predicted molar refractivity (Wildman–Crippen MR) is 50.3 cm³/mol. The molecule has 0 amide bonds. The van der Waals surface area contributed by atoms with Crippen molar-refractivity contribution < 1.29 is 0 Å². The molecule has 0 aromatic carbocycles. The van der Waals surface area contributed by atoms with E-state index in [0.717, 1.165) is 5.04 Å². The van der Waals surface area contributed by atoms with Gasteiger partial charge in [-0.2, -0.15) is 0 Å². The number of hydrogen-bond donors (Lipinski definition) is 0. The SMILES string of the molecule is C/N=C(/SC)c1cccs1. The summed E-state index contributed by atoms with van der Waals surface area (Å²) in [4.78, 5) is 5.40. The van der Waals surface area contributed by atoms with Crippen molar-refractivity contribution >= 4 is 28.1 Å². The Morgan fingerprint density at radius 2 is 2.50 bits per heavy atom. The lowest BCUT2D eigenvalue weighted by Crippen LogP contribution is -1.88. The molecular formula is C7H9NS2. The summed E-state index contributed by atoms with van der Waals surface area (Å²) in [6.07, 6.45) is 2.04. The van der Waals surface area contributed by atoms with Gasteiger partial charge in [0.25, 0.3) is 0 Å². The lowest BCUT2D eigenvalue weighted by molar-refractivity contribution is 1.47. The minimum Gasteiger partial charge on any atom is -0.280 e. The van der Waals surface area contributed by atoms with E-state index in [9.17, 15) is 0 Å². The first-order valence-electron chi connectivity index (χ1n) is 2.93. The van der Waals surface area contributed by atoms with Gasteiger partial charge in [-0.1, -0.05) is 6.07 Å². The fraction of sp³-hybridized carbons (Fsp3) is 0.286. The summed E-state index contributed by atoms with van der Waals surface area (Å²) in [5.41, 5.74) is 0. The summed E-state index contributed by atoms with van der Waals surface area (Å²) in [7, 11) is 1.82. The zero-order chi connectivity index (χ0) is 7.40. The maximum absolute atomic E-state index is 4.14. The van der Waals surface area contributed by atoms with Crippen LogP contribution in [0.4, 0.5) is 0 Å². The van der Waals surface area contributed by atoms with Crippen molar-refractivity contribution in [3.05, 3.63) is 22.4 Å². The number of thioether (sulfide) groups is 1. The molecule has 1 rings (SSSR count). The molecule has 1 heterocycles. The minimum atomic E-state index is 1.12. The molecule has 0 unspecified atom stereocenters. The molecule has 0 N–H and O–H groups in total. The first-order valence-corrected chi connectivity index (χ1v) is 5.03. The Morgan fingerprint density at radius 3 is 2.90 bits per heavy atom. The van der Waals surface area contributed by atoms with Gasteiger partial charge in [0.05, 0.1) is 4.88 Å². The normalized spacial score (nSPS) is 12.0. The van der Waals surface area contributed by atoms with Crippen molar-refractivity contribution in [3.8, 4) is 0 Å². The van der Waals surface area contributed by atoms with Gasteiger partial charge in [-0.05, 0) is 17.7 Å². The molecule has 0 bridgehead atoms. The van der Waals surface area contributed by atoms with E-state index in [1.807, 2.05) is 19.4 Å². The van der Waals surface area contributed by atoms with E-state index in [4.69, 9.17) is 0 Å². The number of hydrogen-bond acceptors (Lipinski definition) is 3. The van der Waals surface area contributed by atoms with Crippen LogP contribution in [-0.4, -0.2) is 18.3 Å². The third-order valence-electron chi connectivity index (χ3n) is 1.13. The molecule has 0 aliphatic rings. The van der Waals surface area contributed by atoms with Gasteiger partial charge in [-0.25, -0.2) is 0 Å². The van der Waals surface area contributed by atoms with Crippen LogP contribution in [0.2, 0.25) is 0 Å². The number of rotatable bonds is 1. The van der Waals surface area contributed by atoms with E-state index >= 15 is 0 Å². The molecule has 10 heavy (non-hydrogen) atoms. The molecule has 0 atom stereocenters. The molecule has 0 spiro atoms. The maximum Gasteiger partial charge on any atom is 0.107 e. The lowest BCUT2D eigenvalue weighted by atomic mass is 10.5. The van der Waals surface area contributed by atoms with Gasteiger partial charge in [0, 0.05) is 7.05 Å². The summed E-state index contributed by atoms with van der Waals surface area (Å²) in [5.74, 6) is 0. The summed E-state index contributed by atoms with van der Waals surface area (Å²) in [6, 6.07) is 4.13. The Balaban J connectivity index is 2.85. The fourth-order valence-electron chi connectivity index (χ4n) is 0.702. The quantitative estimate of drug-likeness (QED) is 0.467. The smallest absolute Gasteiger partial charge is 0.107 e. The van der Waals surface area contributed by atoms with Crippen molar-refractivity contribution in [1.29, 1.82) is 0 Å². The molecule has 0 saturated heterocycles. The van der Waals surface area contributed by atoms with Crippen LogP contribution in [0.3, 0.4) is 0 Å². The summed E-state index contributed by atoms with van der Waals surface area (Å²) < 4.78 is 0. The second-order valence-electron chi connectivity index (χ2n) is 1.71. The van der Waals surface area contributed by atoms with Gasteiger partial charge >= 0.3 is 0 Å². The van der Waals surface area contributed by atoms with Crippen LogP contribution in [0.1, 0.15) is 4.88 Å². The van der Waals surface area contributed by atoms with Crippen molar-refractivity contribution in [3.63, 3.8) is 0 Å². The Bertz CT molecular complexity index is 214. The van der Waals surface area contributed by atoms with E-state index in [0.29, 0.717) is 0 Å². The average molecular weight is 171 g/mol. The maximum atomic E-state index is 4.14. The van der Waals surface area contributed by atoms with Crippen LogP contribution >= 0.6 is 23.1 Å². The standard InChI is InChI=1S/C7H9NS2/c1-8-7(9-2)6-4-3-5-10-6/h3-5H,1-2H3/b8-7+. The molecule has 1 nitrogen and oxygen atoms in total. The molecule has 1 aromatic rings. The van der Waals surface area contributed by atoms with Gasteiger partial charge in [0.1, 0.15) is 5.04 Å². The van der Waals surface area contributed by atoms with Crippen molar-refractivity contribution in [2.24, 2.45) is 4.99 Å². The van der Waals surface area contributed by atoms with Gasteiger partial charge in [0.15, 0.2) is 0 Å². The number of thiophene rings is 1. The average Bonchev–Trinajstić information content (AvgIpc) is 2.43. The van der Waals surface area contributed by atoms with Gasteiger partial charge in [-0.15, -0.1) is 23.1 Å². The van der Waals surface area contributed by atoms with Crippen LogP contribution in [-0.2, 0) is 0 Å². The zero-order valence-electron chi connectivity index (χ0n) is 6.00. The Hall–Kier alpha value is -0.280. The second kappa shape index (κ2) is 3.78. The molecule has 1 aromatic heterocycles. The van der Waals surface area contributed by atoms with Crippen LogP contribution < -0.4 is 0 Å². The monoisotopic (exact) mass is 171 g/mol. The highest BCUT2D eigenvalue weighted by Crippen LogP contribution is 2.15. The molecule has 3 heteroatoms. The summed E-state index contributed by atoms with van der Waals surface area (Å²) >= 11 is 3.42. The molecule has 0 fully saturated rings. The molecule has 0 aliphatic heterocycles. The van der Waals surface area contributed by atoms with Crippen LogP contribution in [0.25, 0.3) is 0 Å². The van der Waals surface area contributed by atoms with Crippen molar-refractivity contribution in [2.75, 3.05) is 13.3 Å². The topological polar surface area (TPSA) is 12.4 Å². The summed E-state index contributed by atoms with van der Waals surface area (Å²) in [6.45, 7) is 0. The first kappa shape index (κ1) is 7.82. The molecular weight excluding hydrogens is 162 g/mol. The highest BCUT2D eigenvalue weighted by molar-refractivity contribution is 8.14. The van der Waals surface area contributed by atoms with E-state index < -0.39 is 0 Å². The van der Waals surface area contributed by atoms with Crippen LogP contribution in [0.5, 0.6) is 0 Å². The third kappa shape index (κ3) is 1.61. The third-order valence-corrected chi connectivity index (χ3v) is 2.92. The molecule has 0 radical (unpaired) electrons. The Kier molecular flexibility index (Phi) is 2.96. The predicted octanol–water partition coefficient (Wildman–Crippen LogP) is 2.49. The second-order valence-corrected chi connectivity index (χ2v) is 3.45. The van der Waals surface area contributed by atoms with Crippen LogP contribution in [0.15, 0.2) is 22.5 Å². The first-order chi connectivity index (χ1) is 4.88. The highest BCUT2D eigenvalue weighted by Gasteiger charge is 1.99. The highest BCUT2D eigenvalue weighted by atomic mass is 32.2. The van der Waals surface area contributed by atoms with E-state index in [1.165, 1.54) is 4.88 Å². The summed E-state index contributed by atoms with van der Waals surface area (Å²) in [5, 5.41) is 3.19. The van der Waals surface area contributed by atoms with E-state index in [1.54, 1.807) is 23.1 Å². The lowest BCUT2D eigenvalue weighted by Gasteiger charge is -1.94. The minimum absolute atomic E-state index is 1.12. The number of nitrogens with zero attached hydrogens (tertiary/aromatic N) is 1. The Morgan fingerprint density at radius 1 is 1.70 bits per heavy atom. The van der Waals surface area contributed by atoms with Crippen molar-refractivity contribution in [2.45, 2.75) is 0 Å².